The summed E-state index contributed by atoms with van der Waals surface area (Å²) in [6.45, 7) is 4.34. The monoisotopic (exact) mass is 263 g/mol. The van der Waals surface area contributed by atoms with Crippen LogP contribution in [0.1, 0.15) is 32.6 Å². The summed E-state index contributed by atoms with van der Waals surface area (Å²) in [5.41, 5.74) is 0. The number of alkyl halides is 1. The molecule has 1 saturated carbocycles. The number of methoxy groups -OCH3 is 1. The fourth-order valence-electron chi connectivity index (χ4n) is 2.06. The van der Waals surface area contributed by atoms with Gasteiger partial charge < -0.3 is 4.74 Å². The lowest BCUT2D eigenvalue weighted by Crippen LogP contribution is -2.47. The summed E-state index contributed by atoms with van der Waals surface area (Å²) in [6, 6.07) is 1.41. The maximum absolute atomic E-state index is 5.23. The SMILES string of the molecule is COCC(C)N(CCCBr)C1CCC1. The molecule has 0 N–H and O–H groups in total. The number of hydrogen-bond donors (Lipinski definition) is 0. The van der Waals surface area contributed by atoms with E-state index in [2.05, 4.69) is 27.8 Å². The Balaban J connectivity index is 2.34. The third-order valence-electron chi connectivity index (χ3n) is 3.07. The van der Waals surface area contributed by atoms with E-state index in [9.17, 15) is 0 Å². The first-order valence-electron chi connectivity index (χ1n) is 5.60. The van der Waals surface area contributed by atoms with E-state index in [1.54, 1.807) is 7.11 Å². The second-order valence-electron chi connectivity index (χ2n) is 4.17. The summed E-state index contributed by atoms with van der Waals surface area (Å²) in [4.78, 5) is 2.62. The van der Waals surface area contributed by atoms with E-state index in [0.29, 0.717) is 6.04 Å². The van der Waals surface area contributed by atoms with Crippen LogP contribution in [0.25, 0.3) is 0 Å². The molecule has 0 amide bonds. The Morgan fingerprint density at radius 2 is 2.21 bits per heavy atom. The summed E-state index contributed by atoms with van der Waals surface area (Å²) in [5, 5.41) is 1.11. The number of ether oxygens (including phenoxy) is 1. The molecule has 2 nitrogen and oxygen atoms in total. The van der Waals surface area contributed by atoms with Crippen LogP contribution in [0.15, 0.2) is 0 Å². The van der Waals surface area contributed by atoms with Gasteiger partial charge in [0.05, 0.1) is 6.61 Å². The second kappa shape index (κ2) is 6.81. The van der Waals surface area contributed by atoms with Crippen LogP contribution >= 0.6 is 15.9 Å². The summed E-state index contributed by atoms with van der Waals surface area (Å²) in [5.74, 6) is 0. The lowest BCUT2D eigenvalue weighted by atomic mass is 9.90. The summed E-state index contributed by atoms with van der Waals surface area (Å²) in [6.07, 6.45) is 5.42. The molecule has 0 aliphatic heterocycles. The molecule has 0 radical (unpaired) electrons. The fourth-order valence-corrected chi connectivity index (χ4v) is 2.31. The standard InChI is InChI=1S/C11H22BrNO/c1-10(9-14-2)13(8-4-7-12)11-5-3-6-11/h10-11H,3-9H2,1-2H3. The molecule has 84 valence electrons. The van der Waals surface area contributed by atoms with E-state index < -0.39 is 0 Å². The van der Waals surface area contributed by atoms with Gasteiger partial charge in [0.1, 0.15) is 0 Å². The first-order chi connectivity index (χ1) is 6.79. The van der Waals surface area contributed by atoms with E-state index in [-0.39, 0.29) is 0 Å². The number of hydrogen-bond acceptors (Lipinski definition) is 2. The van der Waals surface area contributed by atoms with Gasteiger partial charge in [-0.3, -0.25) is 4.90 Å². The summed E-state index contributed by atoms with van der Waals surface area (Å²) in [7, 11) is 1.79. The lowest BCUT2D eigenvalue weighted by molar-refractivity contribution is 0.0404. The molecule has 0 heterocycles. The topological polar surface area (TPSA) is 12.5 Å². The molecule has 3 heteroatoms. The van der Waals surface area contributed by atoms with E-state index in [1.165, 1.54) is 32.2 Å². The van der Waals surface area contributed by atoms with Gasteiger partial charge >= 0.3 is 0 Å². The lowest BCUT2D eigenvalue weighted by Gasteiger charge is -2.41. The highest BCUT2D eigenvalue weighted by molar-refractivity contribution is 9.09. The maximum atomic E-state index is 5.23. The Bertz CT molecular complexity index is 150. The Kier molecular flexibility index (Phi) is 6.06. The van der Waals surface area contributed by atoms with Crippen molar-refractivity contribution in [2.75, 3.05) is 25.6 Å². The third kappa shape index (κ3) is 3.52. The van der Waals surface area contributed by atoms with Crippen molar-refractivity contribution in [1.29, 1.82) is 0 Å². The minimum absolute atomic E-state index is 0.573. The van der Waals surface area contributed by atoms with Crippen molar-refractivity contribution in [1.82, 2.24) is 4.90 Å². The highest BCUT2D eigenvalue weighted by atomic mass is 79.9. The highest BCUT2D eigenvalue weighted by Crippen LogP contribution is 2.26. The zero-order valence-electron chi connectivity index (χ0n) is 9.34. The molecular weight excluding hydrogens is 242 g/mol. The van der Waals surface area contributed by atoms with Crippen molar-refractivity contribution in [3.63, 3.8) is 0 Å². The third-order valence-corrected chi connectivity index (χ3v) is 3.63. The van der Waals surface area contributed by atoms with Crippen molar-refractivity contribution >= 4 is 15.9 Å². The molecule has 14 heavy (non-hydrogen) atoms. The number of rotatable bonds is 7. The fraction of sp³-hybridized carbons (Fsp3) is 1.00. The predicted molar refractivity (Wildman–Crippen MR) is 64.1 cm³/mol. The van der Waals surface area contributed by atoms with Crippen molar-refractivity contribution in [3.05, 3.63) is 0 Å². The minimum Gasteiger partial charge on any atom is -0.383 e. The molecule has 0 saturated heterocycles. The molecule has 0 aromatic heterocycles. The van der Waals surface area contributed by atoms with Gasteiger partial charge in [-0.2, -0.15) is 0 Å². The normalized spacial score (nSPS) is 19.7. The Labute approximate surface area is 96.1 Å². The van der Waals surface area contributed by atoms with Crippen LogP contribution in [0.4, 0.5) is 0 Å². The molecule has 1 aliphatic carbocycles. The van der Waals surface area contributed by atoms with Gasteiger partial charge in [-0.15, -0.1) is 0 Å². The van der Waals surface area contributed by atoms with Gasteiger partial charge in [-0.05, 0) is 32.7 Å². The van der Waals surface area contributed by atoms with Crippen LogP contribution in [0.5, 0.6) is 0 Å². The maximum Gasteiger partial charge on any atom is 0.0615 e. The molecule has 1 atom stereocenters. The molecule has 1 aliphatic rings. The molecule has 1 fully saturated rings. The van der Waals surface area contributed by atoms with E-state index >= 15 is 0 Å². The van der Waals surface area contributed by atoms with Crippen LogP contribution in [0.3, 0.4) is 0 Å². The van der Waals surface area contributed by atoms with Crippen LogP contribution < -0.4 is 0 Å². The Morgan fingerprint density at radius 1 is 1.50 bits per heavy atom. The molecule has 1 unspecified atom stereocenters. The van der Waals surface area contributed by atoms with E-state index in [4.69, 9.17) is 4.74 Å². The van der Waals surface area contributed by atoms with Crippen molar-refractivity contribution in [2.24, 2.45) is 0 Å². The molecule has 1 rings (SSSR count). The van der Waals surface area contributed by atoms with Crippen LogP contribution in [-0.4, -0.2) is 42.6 Å². The molecule has 0 spiro atoms. The zero-order chi connectivity index (χ0) is 10.4. The Hall–Kier alpha value is 0.400. The molecule has 0 aromatic rings. The smallest absolute Gasteiger partial charge is 0.0615 e. The van der Waals surface area contributed by atoms with Gasteiger partial charge in [0.15, 0.2) is 0 Å². The largest absolute Gasteiger partial charge is 0.383 e. The minimum atomic E-state index is 0.573. The van der Waals surface area contributed by atoms with E-state index in [1.807, 2.05) is 0 Å². The van der Waals surface area contributed by atoms with Gasteiger partial charge in [0.2, 0.25) is 0 Å². The average Bonchev–Trinajstić information content (AvgIpc) is 2.09. The van der Waals surface area contributed by atoms with Crippen molar-refractivity contribution in [3.8, 4) is 0 Å². The highest BCUT2D eigenvalue weighted by Gasteiger charge is 2.27. The Morgan fingerprint density at radius 3 is 2.64 bits per heavy atom. The quantitative estimate of drug-likeness (QED) is 0.655. The average molecular weight is 264 g/mol. The first-order valence-corrected chi connectivity index (χ1v) is 6.72. The molecule has 0 aromatic carbocycles. The van der Waals surface area contributed by atoms with Gasteiger partial charge in [0.25, 0.3) is 0 Å². The van der Waals surface area contributed by atoms with Gasteiger partial charge in [-0.25, -0.2) is 0 Å². The number of nitrogens with zero attached hydrogens (tertiary/aromatic N) is 1. The first kappa shape index (κ1) is 12.5. The van der Waals surface area contributed by atoms with Crippen molar-refractivity contribution in [2.45, 2.75) is 44.7 Å². The van der Waals surface area contributed by atoms with Crippen LogP contribution in [-0.2, 0) is 4.74 Å². The second-order valence-corrected chi connectivity index (χ2v) is 4.96. The van der Waals surface area contributed by atoms with E-state index in [0.717, 1.165) is 18.0 Å². The van der Waals surface area contributed by atoms with Gasteiger partial charge in [-0.1, -0.05) is 22.4 Å². The van der Waals surface area contributed by atoms with Crippen LogP contribution in [0, 0.1) is 0 Å². The zero-order valence-corrected chi connectivity index (χ0v) is 10.9. The summed E-state index contributed by atoms with van der Waals surface area (Å²) >= 11 is 3.50. The molecule has 0 bridgehead atoms. The summed E-state index contributed by atoms with van der Waals surface area (Å²) < 4.78 is 5.23. The number of halogens is 1. The van der Waals surface area contributed by atoms with Crippen LogP contribution in [0.2, 0.25) is 0 Å². The predicted octanol–water partition coefficient (Wildman–Crippen LogP) is 2.66. The molecular formula is C11H22BrNO. The van der Waals surface area contributed by atoms with Gasteiger partial charge in [0, 0.05) is 24.5 Å². The van der Waals surface area contributed by atoms with Crippen molar-refractivity contribution < 1.29 is 4.74 Å².